The number of benzene rings is 2. The molecule has 0 aliphatic carbocycles. The first-order chi connectivity index (χ1) is 10.2. The topological polar surface area (TPSA) is 50.9 Å². The molecule has 0 saturated carbocycles. The van der Waals surface area contributed by atoms with Crippen LogP contribution in [0.1, 0.15) is 17.2 Å². The number of hydrazine groups is 1. The van der Waals surface area contributed by atoms with Gasteiger partial charge in [0.2, 0.25) is 0 Å². The molecule has 2 aromatic carbocycles. The summed E-state index contributed by atoms with van der Waals surface area (Å²) in [4.78, 5) is 4.21. The number of nitrogens with two attached hydrogens (primary N) is 1. The van der Waals surface area contributed by atoms with Gasteiger partial charge in [0.15, 0.2) is 0 Å². The predicted molar refractivity (Wildman–Crippen MR) is 82.3 cm³/mol. The molecule has 1 heterocycles. The second-order valence-electron chi connectivity index (χ2n) is 4.72. The maximum absolute atomic E-state index is 14.1. The van der Waals surface area contributed by atoms with Gasteiger partial charge in [-0.3, -0.25) is 10.8 Å². The van der Waals surface area contributed by atoms with Gasteiger partial charge in [-0.05, 0) is 23.6 Å². The van der Waals surface area contributed by atoms with E-state index in [2.05, 4.69) is 10.4 Å². The van der Waals surface area contributed by atoms with Gasteiger partial charge < -0.3 is 0 Å². The van der Waals surface area contributed by atoms with Crippen molar-refractivity contribution < 1.29 is 4.39 Å². The molecule has 3 nitrogen and oxygen atoms in total. The Morgan fingerprint density at radius 2 is 1.90 bits per heavy atom. The van der Waals surface area contributed by atoms with E-state index in [4.69, 9.17) is 17.4 Å². The number of nitrogens with zero attached hydrogens (tertiary/aromatic N) is 1. The zero-order valence-electron chi connectivity index (χ0n) is 11.1. The Kier molecular flexibility index (Phi) is 3.84. The van der Waals surface area contributed by atoms with Crippen LogP contribution in [0.15, 0.2) is 54.9 Å². The fourth-order valence-electron chi connectivity index (χ4n) is 2.45. The molecule has 0 aliphatic heterocycles. The Bertz CT molecular complexity index is 786. The zero-order valence-corrected chi connectivity index (χ0v) is 11.8. The normalized spacial score (nSPS) is 12.5. The van der Waals surface area contributed by atoms with Gasteiger partial charge in [-0.15, -0.1) is 0 Å². The Labute approximate surface area is 126 Å². The third kappa shape index (κ3) is 2.61. The van der Waals surface area contributed by atoms with Crippen molar-refractivity contribution >= 4 is 22.4 Å². The molecule has 3 rings (SSSR count). The number of halogens is 2. The monoisotopic (exact) mass is 301 g/mol. The summed E-state index contributed by atoms with van der Waals surface area (Å²) in [6.07, 6.45) is 3.45. The van der Waals surface area contributed by atoms with E-state index in [1.807, 2.05) is 24.3 Å². The Morgan fingerprint density at radius 1 is 1.10 bits per heavy atom. The highest BCUT2D eigenvalue weighted by Crippen LogP contribution is 2.30. The fraction of sp³-hybridized carbons (Fsp3) is 0.0625. The molecule has 0 amide bonds. The van der Waals surface area contributed by atoms with E-state index in [9.17, 15) is 4.39 Å². The molecule has 3 N–H and O–H groups in total. The summed E-state index contributed by atoms with van der Waals surface area (Å²) < 4.78 is 14.1. The predicted octanol–water partition coefficient (Wildman–Crippen LogP) is 3.58. The number of fused-ring (bicyclic) bond motifs is 1. The maximum atomic E-state index is 14.1. The van der Waals surface area contributed by atoms with Crippen LogP contribution in [0.4, 0.5) is 4.39 Å². The van der Waals surface area contributed by atoms with Gasteiger partial charge in [0.25, 0.3) is 0 Å². The molecular weight excluding hydrogens is 289 g/mol. The largest absolute Gasteiger partial charge is 0.271 e. The molecule has 0 spiro atoms. The van der Waals surface area contributed by atoms with Gasteiger partial charge in [0.1, 0.15) is 5.82 Å². The second-order valence-corrected chi connectivity index (χ2v) is 5.15. The van der Waals surface area contributed by atoms with E-state index in [0.717, 1.165) is 16.3 Å². The summed E-state index contributed by atoms with van der Waals surface area (Å²) in [7, 11) is 0. The number of hydrogen-bond donors (Lipinski definition) is 2. The standard InChI is InChI=1S/C16H13ClFN3/c17-11-5-6-15(18)13(7-11)16(21-19)14-9-20-8-10-3-1-2-4-12(10)14/h1-9,16,21H,19H2. The highest BCUT2D eigenvalue weighted by molar-refractivity contribution is 6.30. The molecule has 3 aromatic rings. The molecule has 106 valence electrons. The molecule has 5 heteroatoms. The van der Waals surface area contributed by atoms with E-state index >= 15 is 0 Å². The summed E-state index contributed by atoms with van der Waals surface area (Å²) >= 11 is 5.97. The number of hydrogen-bond acceptors (Lipinski definition) is 3. The molecule has 0 saturated heterocycles. The lowest BCUT2D eigenvalue weighted by atomic mass is 9.96. The average molecular weight is 302 g/mol. The van der Waals surface area contributed by atoms with Gasteiger partial charge >= 0.3 is 0 Å². The lowest BCUT2D eigenvalue weighted by Crippen LogP contribution is -2.29. The van der Waals surface area contributed by atoms with Gasteiger partial charge in [0.05, 0.1) is 6.04 Å². The van der Waals surface area contributed by atoms with Crippen molar-refractivity contribution in [1.82, 2.24) is 10.4 Å². The molecule has 1 unspecified atom stereocenters. The molecule has 1 atom stereocenters. The third-order valence-electron chi connectivity index (χ3n) is 3.45. The molecule has 0 aliphatic rings. The Balaban J connectivity index is 2.21. The lowest BCUT2D eigenvalue weighted by molar-refractivity contribution is 0.561. The van der Waals surface area contributed by atoms with Gasteiger partial charge in [-0.2, -0.15) is 0 Å². The Morgan fingerprint density at radius 3 is 2.71 bits per heavy atom. The van der Waals surface area contributed by atoms with Crippen LogP contribution in [-0.2, 0) is 0 Å². The minimum absolute atomic E-state index is 0.365. The molecular formula is C16H13ClFN3. The highest BCUT2D eigenvalue weighted by atomic mass is 35.5. The van der Waals surface area contributed by atoms with Crippen LogP contribution in [0.3, 0.4) is 0 Å². The number of nitrogens with one attached hydrogen (secondary N) is 1. The lowest BCUT2D eigenvalue weighted by Gasteiger charge is -2.19. The Hall–Kier alpha value is -2.01. The van der Waals surface area contributed by atoms with Crippen LogP contribution in [0, 0.1) is 5.82 Å². The number of aromatic nitrogens is 1. The van der Waals surface area contributed by atoms with Crippen molar-refractivity contribution in [1.29, 1.82) is 0 Å². The highest BCUT2D eigenvalue weighted by Gasteiger charge is 2.19. The first-order valence-corrected chi connectivity index (χ1v) is 6.82. The van der Waals surface area contributed by atoms with Crippen LogP contribution in [0.2, 0.25) is 5.02 Å². The first kappa shape index (κ1) is 13.9. The van der Waals surface area contributed by atoms with Crippen LogP contribution in [0.5, 0.6) is 0 Å². The van der Waals surface area contributed by atoms with Crippen molar-refractivity contribution in [3.05, 3.63) is 76.8 Å². The summed E-state index contributed by atoms with van der Waals surface area (Å²) in [5, 5.41) is 2.40. The average Bonchev–Trinajstić information content (AvgIpc) is 2.51. The van der Waals surface area contributed by atoms with Crippen molar-refractivity contribution in [3.8, 4) is 0 Å². The summed E-state index contributed by atoms with van der Waals surface area (Å²) in [6.45, 7) is 0. The number of pyridine rings is 1. The van der Waals surface area contributed by atoms with Crippen LogP contribution in [0.25, 0.3) is 10.8 Å². The van der Waals surface area contributed by atoms with E-state index in [1.165, 1.54) is 12.1 Å². The van der Waals surface area contributed by atoms with Crippen molar-refractivity contribution in [2.75, 3.05) is 0 Å². The minimum atomic E-state index is -0.526. The number of rotatable bonds is 3. The molecule has 1 aromatic heterocycles. The van der Waals surface area contributed by atoms with Crippen molar-refractivity contribution in [3.63, 3.8) is 0 Å². The smallest absolute Gasteiger partial charge is 0.128 e. The summed E-state index contributed by atoms with van der Waals surface area (Å²) in [5.41, 5.74) is 3.85. The van der Waals surface area contributed by atoms with E-state index < -0.39 is 6.04 Å². The van der Waals surface area contributed by atoms with E-state index in [0.29, 0.717) is 10.6 Å². The van der Waals surface area contributed by atoms with Gasteiger partial charge in [-0.25, -0.2) is 9.82 Å². The SMILES string of the molecule is NNC(c1cc(Cl)ccc1F)c1cncc2ccccc12. The summed E-state index contributed by atoms with van der Waals surface area (Å²) in [6, 6.07) is 11.7. The molecule has 0 bridgehead atoms. The maximum Gasteiger partial charge on any atom is 0.128 e. The quantitative estimate of drug-likeness (QED) is 0.574. The van der Waals surface area contributed by atoms with Gasteiger partial charge in [-0.1, -0.05) is 35.9 Å². The molecule has 0 fully saturated rings. The van der Waals surface area contributed by atoms with Crippen molar-refractivity contribution in [2.45, 2.75) is 6.04 Å². The van der Waals surface area contributed by atoms with Crippen molar-refractivity contribution in [2.24, 2.45) is 5.84 Å². The van der Waals surface area contributed by atoms with E-state index in [-0.39, 0.29) is 5.82 Å². The third-order valence-corrected chi connectivity index (χ3v) is 3.68. The fourth-order valence-corrected chi connectivity index (χ4v) is 2.63. The molecule has 0 radical (unpaired) electrons. The van der Waals surface area contributed by atoms with Crippen LogP contribution >= 0.6 is 11.6 Å². The van der Waals surface area contributed by atoms with Crippen LogP contribution in [-0.4, -0.2) is 4.98 Å². The second kappa shape index (κ2) is 5.77. The van der Waals surface area contributed by atoms with E-state index in [1.54, 1.807) is 18.5 Å². The van der Waals surface area contributed by atoms with Gasteiger partial charge in [0, 0.05) is 33.9 Å². The first-order valence-electron chi connectivity index (χ1n) is 6.44. The zero-order chi connectivity index (χ0) is 14.8. The molecule has 21 heavy (non-hydrogen) atoms. The minimum Gasteiger partial charge on any atom is -0.271 e. The van der Waals surface area contributed by atoms with Crippen LogP contribution < -0.4 is 11.3 Å². The summed E-state index contributed by atoms with van der Waals surface area (Å²) in [5.74, 6) is 5.29.